The summed E-state index contributed by atoms with van der Waals surface area (Å²) in [5.74, 6) is -0.0432. The topological polar surface area (TPSA) is 46.9 Å². The maximum atomic E-state index is 12.8. The van der Waals surface area contributed by atoms with Gasteiger partial charge in [-0.3, -0.25) is 9.48 Å². The van der Waals surface area contributed by atoms with E-state index in [4.69, 9.17) is 0 Å². The molecule has 1 heterocycles. The van der Waals surface area contributed by atoms with Gasteiger partial charge in [-0.15, -0.1) is 11.8 Å². The Morgan fingerprint density at radius 1 is 1.07 bits per heavy atom. The molecule has 1 N–H and O–H groups in total. The summed E-state index contributed by atoms with van der Waals surface area (Å²) in [7, 11) is 0. The molecule has 0 fully saturated rings. The van der Waals surface area contributed by atoms with Crippen molar-refractivity contribution in [1.82, 2.24) is 15.1 Å². The summed E-state index contributed by atoms with van der Waals surface area (Å²) in [5, 5.41) is 8.18. The van der Waals surface area contributed by atoms with E-state index in [-0.39, 0.29) is 5.91 Å². The summed E-state index contributed by atoms with van der Waals surface area (Å²) in [6.45, 7) is 9.53. The smallest absolute Gasteiger partial charge is 0.252 e. The fourth-order valence-corrected chi connectivity index (χ4v) is 4.13. The molecule has 0 saturated heterocycles. The van der Waals surface area contributed by atoms with E-state index in [1.165, 1.54) is 5.56 Å². The third kappa shape index (κ3) is 4.84. The van der Waals surface area contributed by atoms with Crippen LogP contribution in [0.15, 0.2) is 59.5 Å². The van der Waals surface area contributed by atoms with E-state index in [2.05, 4.69) is 43.3 Å². The second kappa shape index (κ2) is 9.11. The average molecular weight is 394 g/mol. The number of carbonyl (C=O) groups excluding carboxylic acids is 1. The Morgan fingerprint density at radius 3 is 2.46 bits per heavy atom. The maximum Gasteiger partial charge on any atom is 0.252 e. The van der Waals surface area contributed by atoms with Crippen LogP contribution in [-0.4, -0.2) is 20.9 Å². The SMILES string of the molecule is Cc1nn(Cc2ccccc2)c(C)c1CNC(=O)c1ccccc1SC(C)C. The van der Waals surface area contributed by atoms with E-state index in [0.717, 1.165) is 34.0 Å². The van der Waals surface area contributed by atoms with Gasteiger partial charge in [0.2, 0.25) is 0 Å². The average Bonchev–Trinajstić information content (AvgIpc) is 2.93. The van der Waals surface area contributed by atoms with Crippen LogP contribution in [0.5, 0.6) is 0 Å². The number of aromatic nitrogens is 2. The highest BCUT2D eigenvalue weighted by atomic mass is 32.2. The van der Waals surface area contributed by atoms with Gasteiger partial charge in [-0.25, -0.2) is 0 Å². The highest BCUT2D eigenvalue weighted by molar-refractivity contribution is 8.00. The lowest BCUT2D eigenvalue weighted by Gasteiger charge is -2.12. The second-order valence-electron chi connectivity index (χ2n) is 7.14. The monoisotopic (exact) mass is 393 g/mol. The molecule has 0 saturated carbocycles. The number of hydrogen-bond donors (Lipinski definition) is 1. The molecule has 3 rings (SSSR count). The first-order valence-corrected chi connectivity index (χ1v) is 10.4. The van der Waals surface area contributed by atoms with Crippen LogP contribution in [0, 0.1) is 13.8 Å². The summed E-state index contributed by atoms with van der Waals surface area (Å²) in [6.07, 6.45) is 0. The lowest BCUT2D eigenvalue weighted by atomic mass is 10.1. The van der Waals surface area contributed by atoms with Crippen LogP contribution < -0.4 is 5.32 Å². The van der Waals surface area contributed by atoms with Gasteiger partial charge in [-0.05, 0) is 31.5 Å². The molecule has 0 aliphatic heterocycles. The summed E-state index contributed by atoms with van der Waals surface area (Å²) in [6, 6.07) is 18.1. The Morgan fingerprint density at radius 2 is 1.75 bits per heavy atom. The number of hydrogen-bond acceptors (Lipinski definition) is 3. The summed E-state index contributed by atoms with van der Waals surface area (Å²) >= 11 is 1.71. The number of thioether (sulfide) groups is 1. The van der Waals surface area contributed by atoms with Crippen LogP contribution in [0.3, 0.4) is 0 Å². The Bertz CT molecular complexity index is 948. The molecule has 4 nitrogen and oxygen atoms in total. The number of nitrogens with zero attached hydrogens (tertiary/aromatic N) is 2. The van der Waals surface area contributed by atoms with Gasteiger partial charge >= 0.3 is 0 Å². The van der Waals surface area contributed by atoms with E-state index in [1.807, 2.05) is 54.1 Å². The molecule has 5 heteroatoms. The van der Waals surface area contributed by atoms with Crippen molar-refractivity contribution in [3.05, 3.63) is 82.7 Å². The van der Waals surface area contributed by atoms with Crippen molar-refractivity contribution in [1.29, 1.82) is 0 Å². The number of carbonyl (C=O) groups is 1. The van der Waals surface area contributed by atoms with Gasteiger partial charge in [-0.1, -0.05) is 56.3 Å². The molecule has 1 aromatic heterocycles. The summed E-state index contributed by atoms with van der Waals surface area (Å²) in [4.78, 5) is 13.8. The van der Waals surface area contributed by atoms with Crippen LogP contribution in [0.1, 0.15) is 46.7 Å². The lowest BCUT2D eigenvalue weighted by Crippen LogP contribution is -2.24. The van der Waals surface area contributed by atoms with Crippen molar-refractivity contribution in [2.45, 2.75) is 50.9 Å². The molecule has 1 amide bonds. The molecule has 0 radical (unpaired) electrons. The number of rotatable bonds is 7. The van der Waals surface area contributed by atoms with E-state index in [0.29, 0.717) is 11.8 Å². The van der Waals surface area contributed by atoms with Crippen LogP contribution >= 0.6 is 11.8 Å². The van der Waals surface area contributed by atoms with Crippen molar-refractivity contribution in [3.8, 4) is 0 Å². The predicted molar refractivity (Wildman–Crippen MR) is 116 cm³/mol. The summed E-state index contributed by atoms with van der Waals surface area (Å²) < 4.78 is 2.01. The van der Waals surface area contributed by atoms with Gasteiger partial charge in [0.25, 0.3) is 5.91 Å². The minimum Gasteiger partial charge on any atom is -0.348 e. The van der Waals surface area contributed by atoms with Gasteiger partial charge < -0.3 is 5.32 Å². The zero-order valence-corrected chi connectivity index (χ0v) is 17.7. The van der Waals surface area contributed by atoms with Gasteiger partial charge in [0.05, 0.1) is 17.8 Å². The maximum absolute atomic E-state index is 12.8. The Balaban J connectivity index is 1.72. The molecule has 0 unspecified atom stereocenters. The van der Waals surface area contributed by atoms with Crippen molar-refractivity contribution in [2.75, 3.05) is 0 Å². The Hall–Kier alpha value is -2.53. The van der Waals surface area contributed by atoms with E-state index < -0.39 is 0 Å². The molecule has 146 valence electrons. The number of benzene rings is 2. The minimum absolute atomic E-state index is 0.0432. The third-order valence-corrected chi connectivity index (χ3v) is 5.71. The van der Waals surface area contributed by atoms with Crippen LogP contribution in [0.4, 0.5) is 0 Å². The number of aryl methyl sites for hydroxylation is 1. The van der Waals surface area contributed by atoms with Crippen molar-refractivity contribution >= 4 is 17.7 Å². The molecular formula is C23H27N3OS. The zero-order valence-electron chi connectivity index (χ0n) is 16.9. The highest BCUT2D eigenvalue weighted by Gasteiger charge is 2.16. The standard InChI is InChI=1S/C23H27N3OS/c1-16(2)28-22-13-9-8-12-20(22)23(27)24-14-21-17(3)25-26(18(21)4)15-19-10-6-5-7-11-19/h5-13,16H,14-15H2,1-4H3,(H,24,27). The minimum atomic E-state index is -0.0432. The molecule has 0 aliphatic rings. The molecule has 28 heavy (non-hydrogen) atoms. The molecule has 3 aromatic rings. The Labute approximate surface area is 171 Å². The van der Waals surface area contributed by atoms with Crippen molar-refractivity contribution in [2.24, 2.45) is 0 Å². The van der Waals surface area contributed by atoms with Crippen LogP contribution in [0.25, 0.3) is 0 Å². The van der Waals surface area contributed by atoms with Crippen molar-refractivity contribution in [3.63, 3.8) is 0 Å². The van der Waals surface area contributed by atoms with Gasteiger partial charge in [0.15, 0.2) is 0 Å². The number of amides is 1. The van der Waals surface area contributed by atoms with E-state index in [1.54, 1.807) is 11.8 Å². The highest BCUT2D eigenvalue weighted by Crippen LogP contribution is 2.26. The molecule has 0 bridgehead atoms. The van der Waals surface area contributed by atoms with Gasteiger partial charge in [0, 0.05) is 27.9 Å². The van der Waals surface area contributed by atoms with Crippen LogP contribution in [0.2, 0.25) is 0 Å². The van der Waals surface area contributed by atoms with Crippen molar-refractivity contribution < 1.29 is 4.79 Å². The molecule has 2 aromatic carbocycles. The molecule has 0 aliphatic carbocycles. The first-order valence-electron chi connectivity index (χ1n) is 9.56. The largest absolute Gasteiger partial charge is 0.348 e. The fraction of sp³-hybridized carbons (Fsp3) is 0.304. The predicted octanol–water partition coefficient (Wildman–Crippen LogP) is 4.98. The quantitative estimate of drug-likeness (QED) is 0.576. The fourth-order valence-electron chi connectivity index (χ4n) is 3.17. The first kappa shape index (κ1) is 20.2. The number of nitrogens with one attached hydrogen (secondary N) is 1. The zero-order chi connectivity index (χ0) is 20.1. The van der Waals surface area contributed by atoms with Crippen LogP contribution in [-0.2, 0) is 13.1 Å². The molecular weight excluding hydrogens is 366 g/mol. The second-order valence-corrected chi connectivity index (χ2v) is 8.76. The normalized spacial score (nSPS) is 11.0. The Kier molecular flexibility index (Phi) is 6.57. The van der Waals surface area contributed by atoms with E-state index >= 15 is 0 Å². The summed E-state index contributed by atoms with van der Waals surface area (Å²) in [5.41, 5.74) is 5.07. The first-order chi connectivity index (χ1) is 13.5. The van der Waals surface area contributed by atoms with Gasteiger partial charge in [-0.2, -0.15) is 5.10 Å². The molecule has 0 spiro atoms. The third-order valence-electron chi connectivity index (χ3n) is 4.63. The molecule has 0 atom stereocenters. The van der Waals surface area contributed by atoms with E-state index in [9.17, 15) is 4.79 Å². The lowest BCUT2D eigenvalue weighted by molar-refractivity contribution is 0.0948. The van der Waals surface area contributed by atoms with Gasteiger partial charge in [0.1, 0.15) is 0 Å².